The number of thiophene rings is 1. The molecule has 7 heteroatoms. The summed E-state index contributed by atoms with van der Waals surface area (Å²) in [7, 11) is 0. The third kappa shape index (κ3) is 3.93. The molecule has 1 aliphatic carbocycles. The topological polar surface area (TPSA) is 85.6 Å². The van der Waals surface area contributed by atoms with E-state index in [1.807, 2.05) is 0 Å². The summed E-state index contributed by atoms with van der Waals surface area (Å²) in [6.45, 7) is 2.03. The first kappa shape index (κ1) is 20.1. The van der Waals surface area contributed by atoms with E-state index in [2.05, 4.69) is 5.32 Å². The molecule has 154 valence electrons. The van der Waals surface area contributed by atoms with Crippen molar-refractivity contribution in [1.82, 2.24) is 0 Å². The molecule has 4 rings (SSSR count). The minimum atomic E-state index is -0.424. The van der Waals surface area contributed by atoms with Crippen LogP contribution >= 0.6 is 11.3 Å². The van der Waals surface area contributed by atoms with Gasteiger partial charge in [-0.3, -0.25) is 9.59 Å². The zero-order valence-electron chi connectivity index (χ0n) is 16.5. The lowest BCUT2D eigenvalue weighted by Crippen LogP contribution is -2.14. The maximum absolute atomic E-state index is 12.5. The second-order valence-electron chi connectivity index (χ2n) is 6.97. The van der Waals surface area contributed by atoms with Crippen LogP contribution in [0.2, 0.25) is 0 Å². The number of rotatable bonds is 5. The first-order valence-electron chi connectivity index (χ1n) is 9.89. The van der Waals surface area contributed by atoms with Gasteiger partial charge in [-0.05, 0) is 56.4 Å². The molecule has 1 N–H and O–H groups in total. The van der Waals surface area contributed by atoms with E-state index in [-0.39, 0.29) is 17.6 Å². The van der Waals surface area contributed by atoms with Gasteiger partial charge in [0, 0.05) is 11.0 Å². The Morgan fingerprint density at radius 2 is 2.03 bits per heavy atom. The van der Waals surface area contributed by atoms with Gasteiger partial charge in [0.05, 0.1) is 23.1 Å². The van der Waals surface area contributed by atoms with Crippen molar-refractivity contribution in [2.24, 2.45) is 0 Å². The van der Waals surface area contributed by atoms with E-state index in [1.54, 1.807) is 31.2 Å². The highest BCUT2D eigenvalue weighted by molar-refractivity contribution is 7.17. The fourth-order valence-electron chi connectivity index (χ4n) is 3.60. The summed E-state index contributed by atoms with van der Waals surface area (Å²) in [5.41, 5.74) is 2.01. The van der Waals surface area contributed by atoms with E-state index in [9.17, 15) is 14.4 Å². The van der Waals surface area contributed by atoms with Gasteiger partial charge in [0.25, 0.3) is 0 Å². The van der Waals surface area contributed by atoms with Crippen LogP contribution in [0.5, 0.6) is 0 Å². The minimum Gasteiger partial charge on any atom is -0.463 e. The zero-order valence-corrected chi connectivity index (χ0v) is 17.3. The normalized spacial score (nSPS) is 13.4. The van der Waals surface area contributed by atoms with Crippen LogP contribution in [0.4, 0.5) is 5.00 Å². The number of fused-ring (bicyclic) bond motifs is 2. The van der Waals surface area contributed by atoms with Crippen molar-refractivity contribution in [1.29, 1.82) is 0 Å². The predicted molar refractivity (Wildman–Crippen MR) is 117 cm³/mol. The molecule has 1 amide bonds. The van der Waals surface area contributed by atoms with Gasteiger partial charge in [0.1, 0.15) is 16.8 Å². The van der Waals surface area contributed by atoms with Gasteiger partial charge in [0.2, 0.25) is 5.91 Å². The standard InChI is InChI=1S/C23H21NO5S/c1-2-28-23(27)20-16-8-4-6-10-18(16)30-22(20)24-19(25)12-11-14-13-29-17-9-5-3-7-15(17)21(14)26/h3,5,7,9,11-13H,2,4,6,8,10H2,1H3,(H,24,25)/b12-11+. The Bertz CT molecular complexity index is 1200. The molecule has 1 aliphatic rings. The average Bonchev–Trinajstić information content (AvgIpc) is 3.11. The molecule has 0 atom stereocenters. The Morgan fingerprint density at radius 3 is 2.87 bits per heavy atom. The molecule has 0 saturated carbocycles. The van der Waals surface area contributed by atoms with E-state index in [0.717, 1.165) is 36.1 Å². The van der Waals surface area contributed by atoms with E-state index >= 15 is 0 Å². The van der Waals surface area contributed by atoms with Gasteiger partial charge >= 0.3 is 5.97 Å². The summed E-state index contributed by atoms with van der Waals surface area (Å²) in [5.74, 6) is -0.835. The Morgan fingerprint density at radius 1 is 1.23 bits per heavy atom. The number of nitrogens with one attached hydrogen (secondary N) is 1. The summed E-state index contributed by atoms with van der Waals surface area (Å²) < 4.78 is 10.7. The number of aryl methyl sites for hydroxylation is 1. The number of hydrogen-bond acceptors (Lipinski definition) is 6. The summed E-state index contributed by atoms with van der Waals surface area (Å²) in [4.78, 5) is 38.7. The molecule has 0 unspecified atom stereocenters. The van der Waals surface area contributed by atoms with Crippen LogP contribution < -0.4 is 10.7 Å². The molecule has 0 radical (unpaired) electrons. The highest BCUT2D eigenvalue weighted by Crippen LogP contribution is 2.38. The highest BCUT2D eigenvalue weighted by atomic mass is 32.1. The van der Waals surface area contributed by atoms with Crippen LogP contribution in [0.3, 0.4) is 0 Å². The fraction of sp³-hybridized carbons (Fsp3) is 0.261. The van der Waals surface area contributed by atoms with Crippen LogP contribution in [0, 0.1) is 0 Å². The van der Waals surface area contributed by atoms with E-state index < -0.39 is 11.9 Å². The second-order valence-corrected chi connectivity index (χ2v) is 8.08. The lowest BCUT2D eigenvalue weighted by molar-refractivity contribution is -0.111. The number of amides is 1. The Hall–Kier alpha value is -3.19. The third-order valence-electron chi connectivity index (χ3n) is 5.01. The lowest BCUT2D eigenvalue weighted by Gasteiger charge is -2.12. The molecule has 2 aromatic heterocycles. The number of carbonyl (C=O) groups is 2. The number of hydrogen-bond donors (Lipinski definition) is 1. The molecule has 0 bridgehead atoms. The SMILES string of the molecule is CCOC(=O)c1c(NC(=O)/C=C/c2coc3ccccc3c2=O)sc2c1CCCC2. The zero-order chi connectivity index (χ0) is 21.1. The molecular weight excluding hydrogens is 402 g/mol. The number of benzene rings is 1. The summed E-state index contributed by atoms with van der Waals surface area (Å²) in [6.07, 6.45) is 7.82. The van der Waals surface area contributed by atoms with Crippen LogP contribution in [0.15, 0.2) is 45.8 Å². The van der Waals surface area contributed by atoms with Crippen LogP contribution in [0.1, 0.15) is 46.1 Å². The van der Waals surface area contributed by atoms with Gasteiger partial charge < -0.3 is 14.5 Å². The largest absolute Gasteiger partial charge is 0.463 e. The van der Waals surface area contributed by atoms with Crippen LogP contribution in [0.25, 0.3) is 17.0 Å². The van der Waals surface area contributed by atoms with Crippen molar-refractivity contribution in [3.05, 3.63) is 68.4 Å². The van der Waals surface area contributed by atoms with Crippen LogP contribution in [-0.4, -0.2) is 18.5 Å². The molecule has 0 aliphatic heterocycles. The van der Waals surface area contributed by atoms with Crippen molar-refractivity contribution >= 4 is 45.3 Å². The van der Waals surface area contributed by atoms with Crippen molar-refractivity contribution in [3.63, 3.8) is 0 Å². The number of esters is 1. The molecule has 6 nitrogen and oxygen atoms in total. The smallest absolute Gasteiger partial charge is 0.341 e. The van der Waals surface area contributed by atoms with Crippen molar-refractivity contribution < 1.29 is 18.7 Å². The van der Waals surface area contributed by atoms with Gasteiger partial charge in [0.15, 0.2) is 5.43 Å². The molecule has 3 aromatic rings. The van der Waals surface area contributed by atoms with Crippen molar-refractivity contribution in [3.8, 4) is 0 Å². The highest BCUT2D eigenvalue weighted by Gasteiger charge is 2.26. The second kappa shape index (κ2) is 8.67. The minimum absolute atomic E-state index is 0.209. The molecule has 30 heavy (non-hydrogen) atoms. The third-order valence-corrected chi connectivity index (χ3v) is 6.22. The summed E-state index contributed by atoms with van der Waals surface area (Å²) >= 11 is 1.42. The molecular formula is C23H21NO5S. The molecule has 0 saturated heterocycles. The van der Waals surface area contributed by atoms with E-state index in [4.69, 9.17) is 9.15 Å². The first-order valence-corrected chi connectivity index (χ1v) is 10.7. The maximum atomic E-state index is 12.5. The van der Waals surface area contributed by atoms with Gasteiger partial charge in [-0.15, -0.1) is 11.3 Å². The first-order chi connectivity index (χ1) is 14.6. The monoisotopic (exact) mass is 423 g/mol. The van der Waals surface area contributed by atoms with Gasteiger partial charge in [-0.1, -0.05) is 12.1 Å². The maximum Gasteiger partial charge on any atom is 0.341 e. The number of anilines is 1. The van der Waals surface area contributed by atoms with Crippen molar-refractivity contribution in [2.75, 3.05) is 11.9 Å². The van der Waals surface area contributed by atoms with E-state index in [0.29, 0.717) is 21.5 Å². The molecule has 2 heterocycles. The van der Waals surface area contributed by atoms with E-state index in [1.165, 1.54) is 29.8 Å². The number of ether oxygens (including phenoxy) is 1. The summed E-state index contributed by atoms with van der Waals surface area (Å²) in [6, 6.07) is 6.94. The Labute approximate surface area is 177 Å². The molecule has 1 aromatic carbocycles. The molecule has 0 fully saturated rings. The average molecular weight is 423 g/mol. The lowest BCUT2D eigenvalue weighted by atomic mass is 9.95. The fourth-order valence-corrected chi connectivity index (χ4v) is 4.88. The molecule has 0 spiro atoms. The Kier molecular flexibility index (Phi) is 5.81. The quantitative estimate of drug-likeness (QED) is 0.480. The Balaban J connectivity index is 1.59. The van der Waals surface area contributed by atoms with Gasteiger partial charge in [-0.2, -0.15) is 0 Å². The van der Waals surface area contributed by atoms with Gasteiger partial charge in [-0.25, -0.2) is 4.79 Å². The number of carbonyl (C=O) groups excluding carboxylic acids is 2. The summed E-state index contributed by atoms with van der Waals surface area (Å²) in [5, 5.41) is 3.75. The van der Waals surface area contributed by atoms with Crippen molar-refractivity contribution in [2.45, 2.75) is 32.6 Å². The van der Waals surface area contributed by atoms with Crippen LogP contribution in [-0.2, 0) is 22.4 Å². The number of para-hydroxylation sites is 1. The predicted octanol–water partition coefficient (Wildman–Crippen LogP) is 4.56.